The first-order chi connectivity index (χ1) is 14.1. The molecule has 0 bridgehead atoms. The second-order valence-corrected chi connectivity index (χ2v) is 8.97. The van der Waals surface area contributed by atoms with Gasteiger partial charge in [-0.2, -0.15) is 0 Å². The van der Waals surface area contributed by atoms with Gasteiger partial charge in [-0.15, -0.1) is 11.3 Å². The molecule has 1 aliphatic heterocycles. The highest BCUT2D eigenvalue weighted by molar-refractivity contribution is 9.10. The zero-order valence-corrected chi connectivity index (χ0v) is 18.0. The minimum absolute atomic E-state index is 0.233. The van der Waals surface area contributed by atoms with Crippen LogP contribution in [0.5, 0.6) is 11.6 Å². The van der Waals surface area contributed by atoms with E-state index in [0.717, 1.165) is 32.3 Å². The molecule has 0 saturated heterocycles. The average Bonchev–Trinajstić information content (AvgIpc) is 3.09. The first-order valence-corrected chi connectivity index (χ1v) is 11.0. The Kier molecular flexibility index (Phi) is 4.52. The maximum absolute atomic E-state index is 14.5. The number of thiophene rings is 1. The number of halogens is 2. The lowest BCUT2D eigenvalue weighted by atomic mass is 9.89. The van der Waals surface area contributed by atoms with Crippen molar-refractivity contribution < 1.29 is 9.13 Å². The summed E-state index contributed by atoms with van der Waals surface area (Å²) in [5, 5.41) is 9.58. The number of nitrogens with one attached hydrogen (secondary N) is 1. The Labute approximate surface area is 179 Å². The zero-order chi connectivity index (χ0) is 20.1. The quantitative estimate of drug-likeness (QED) is 0.343. The van der Waals surface area contributed by atoms with E-state index >= 15 is 0 Å². The standard InChI is InChI=1S/C22H17BrFN3OS/c1-2-10-27-11-26-22-17(21(27)25)16(12-6-8-13(23)9-7-12)20-18(28-22)14-4-3-5-15(24)19(14)29-20/h3-9,11,16,25H,2,10H2,1H3. The van der Waals surface area contributed by atoms with E-state index in [1.165, 1.54) is 17.4 Å². The summed E-state index contributed by atoms with van der Waals surface area (Å²) in [5.74, 6) is 0.573. The van der Waals surface area contributed by atoms with Crippen LogP contribution in [0, 0.1) is 11.2 Å². The summed E-state index contributed by atoms with van der Waals surface area (Å²) in [6.07, 6.45) is 2.56. The minimum atomic E-state index is -0.260. The van der Waals surface area contributed by atoms with Gasteiger partial charge < -0.3 is 9.30 Å². The summed E-state index contributed by atoms with van der Waals surface area (Å²) in [7, 11) is 0. The number of rotatable bonds is 3. The molecule has 1 atom stereocenters. The Morgan fingerprint density at radius 3 is 2.79 bits per heavy atom. The van der Waals surface area contributed by atoms with Crippen LogP contribution in [0.1, 0.15) is 35.3 Å². The lowest BCUT2D eigenvalue weighted by Crippen LogP contribution is -2.29. The molecule has 0 amide bonds. The third-order valence-corrected chi connectivity index (χ3v) is 6.94. The van der Waals surface area contributed by atoms with Gasteiger partial charge in [-0.25, -0.2) is 9.37 Å². The molecule has 4 nitrogen and oxygen atoms in total. The van der Waals surface area contributed by atoms with Gasteiger partial charge in [0.1, 0.15) is 17.6 Å². The van der Waals surface area contributed by atoms with Crippen molar-refractivity contribution in [2.24, 2.45) is 0 Å². The molecule has 3 heterocycles. The lowest BCUT2D eigenvalue weighted by Gasteiger charge is -2.26. The number of ether oxygens (including phenoxy) is 1. The fourth-order valence-electron chi connectivity index (χ4n) is 3.83. The predicted molar refractivity (Wildman–Crippen MR) is 115 cm³/mol. The molecule has 0 aliphatic carbocycles. The van der Waals surface area contributed by atoms with Gasteiger partial charge in [-0.1, -0.05) is 41.1 Å². The van der Waals surface area contributed by atoms with Crippen LogP contribution in [0.15, 0.2) is 53.3 Å². The van der Waals surface area contributed by atoms with E-state index in [4.69, 9.17) is 10.1 Å². The molecule has 5 rings (SSSR count). The van der Waals surface area contributed by atoms with Gasteiger partial charge in [0.25, 0.3) is 0 Å². The van der Waals surface area contributed by atoms with Crippen LogP contribution in [0.4, 0.5) is 4.39 Å². The van der Waals surface area contributed by atoms with Crippen LogP contribution < -0.4 is 10.2 Å². The Bertz CT molecular complexity index is 1300. The predicted octanol–water partition coefficient (Wildman–Crippen LogP) is 6.17. The number of aromatic nitrogens is 2. The summed E-state index contributed by atoms with van der Waals surface area (Å²) >= 11 is 4.88. The first-order valence-electron chi connectivity index (χ1n) is 9.36. The minimum Gasteiger partial charge on any atom is -0.437 e. The molecule has 4 aromatic rings. The van der Waals surface area contributed by atoms with Crippen LogP contribution in [0.3, 0.4) is 0 Å². The highest BCUT2D eigenvalue weighted by atomic mass is 79.9. The smallest absolute Gasteiger partial charge is 0.228 e. The van der Waals surface area contributed by atoms with Gasteiger partial charge in [0.2, 0.25) is 5.88 Å². The van der Waals surface area contributed by atoms with Crippen LogP contribution in [0.25, 0.3) is 10.1 Å². The van der Waals surface area contributed by atoms with Crippen molar-refractivity contribution in [2.45, 2.75) is 25.8 Å². The largest absolute Gasteiger partial charge is 0.437 e. The second kappa shape index (κ2) is 7.07. The molecule has 2 aromatic carbocycles. The average molecular weight is 470 g/mol. The van der Waals surface area contributed by atoms with Crippen molar-refractivity contribution in [3.63, 3.8) is 0 Å². The van der Waals surface area contributed by atoms with E-state index in [0.29, 0.717) is 28.4 Å². The van der Waals surface area contributed by atoms with E-state index in [1.807, 2.05) is 34.9 Å². The van der Waals surface area contributed by atoms with E-state index in [9.17, 15) is 4.39 Å². The van der Waals surface area contributed by atoms with E-state index in [-0.39, 0.29) is 11.7 Å². The van der Waals surface area contributed by atoms with Gasteiger partial charge >= 0.3 is 0 Å². The molecule has 0 radical (unpaired) electrons. The first kappa shape index (κ1) is 18.5. The van der Waals surface area contributed by atoms with Crippen molar-refractivity contribution in [3.8, 4) is 11.6 Å². The van der Waals surface area contributed by atoms with Crippen molar-refractivity contribution in [2.75, 3.05) is 0 Å². The molecule has 1 N–H and O–H groups in total. The summed E-state index contributed by atoms with van der Waals surface area (Å²) in [6.45, 7) is 2.78. The number of hydrogen-bond acceptors (Lipinski definition) is 4. The fraction of sp³-hybridized carbons (Fsp3) is 0.182. The summed E-state index contributed by atoms with van der Waals surface area (Å²) in [5.41, 5.74) is 2.13. The third kappa shape index (κ3) is 2.91. The molecule has 1 aliphatic rings. The maximum Gasteiger partial charge on any atom is 0.228 e. The van der Waals surface area contributed by atoms with Crippen molar-refractivity contribution in [3.05, 3.63) is 80.6 Å². The highest BCUT2D eigenvalue weighted by Gasteiger charge is 2.35. The Morgan fingerprint density at radius 1 is 1.24 bits per heavy atom. The summed E-state index contributed by atoms with van der Waals surface area (Å²) in [6, 6.07) is 13.1. The normalized spacial score (nSPS) is 15.1. The zero-order valence-electron chi connectivity index (χ0n) is 15.6. The van der Waals surface area contributed by atoms with Crippen LogP contribution in [0.2, 0.25) is 0 Å². The molecule has 0 saturated carbocycles. The summed E-state index contributed by atoms with van der Waals surface area (Å²) in [4.78, 5) is 5.43. The van der Waals surface area contributed by atoms with Crippen molar-refractivity contribution >= 4 is 37.4 Å². The van der Waals surface area contributed by atoms with Gasteiger partial charge in [0.05, 0.1) is 21.1 Å². The third-order valence-electron chi connectivity index (χ3n) is 5.15. The molecular formula is C22H17BrFN3OS. The van der Waals surface area contributed by atoms with Gasteiger partial charge in [-0.05, 0) is 36.2 Å². The number of nitrogens with zero attached hydrogens (tertiary/aromatic N) is 2. The molecule has 2 aromatic heterocycles. The van der Waals surface area contributed by atoms with Crippen LogP contribution in [-0.4, -0.2) is 9.55 Å². The van der Waals surface area contributed by atoms with Crippen LogP contribution >= 0.6 is 27.3 Å². The van der Waals surface area contributed by atoms with Crippen molar-refractivity contribution in [1.82, 2.24) is 9.55 Å². The van der Waals surface area contributed by atoms with E-state index in [1.54, 1.807) is 12.4 Å². The second-order valence-electron chi connectivity index (χ2n) is 7.00. The molecule has 0 spiro atoms. The number of benzene rings is 2. The highest BCUT2D eigenvalue weighted by Crippen LogP contribution is 2.52. The SMILES string of the molecule is CCCn1cnc2c(c1=N)C(c1ccc(Br)cc1)c1sc3c(F)cccc3c1O2. The molecule has 29 heavy (non-hydrogen) atoms. The number of hydrogen-bond donors (Lipinski definition) is 1. The van der Waals surface area contributed by atoms with Crippen LogP contribution in [-0.2, 0) is 6.54 Å². The molecule has 0 fully saturated rings. The van der Waals surface area contributed by atoms with E-state index < -0.39 is 0 Å². The molecule has 7 heteroatoms. The van der Waals surface area contributed by atoms with Gasteiger partial charge in [0.15, 0.2) is 5.75 Å². The molecule has 1 unspecified atom stereocenters. The molecular weight excluding hydrogens is 453 g/mol. The number of aryl methyl sites for hydroxylation is 1. The van der Waals surface area contributed by atoms with E-state index in [2.05, 4.69) is 27.8 Å². The van der Waals surface area contributed by atoms with Crippen molar-refractivity contribution in [1.29, 1.82) is 5.41 Å². The van der Waals surface area contributed by atoms with Gasteiger partial charge in [0, 0.05) is 16.4 Å². The number of fused-ring (bicyclic) bond motifs is 4. The maximum atomic E-state index is 14.5. The van der Waals surface area contributed by atoms with Gasteiger partial charge in [-0.3, -0.25) is 5.41 Å². The lowest BCUT2D eigenvalue weighted by molar-refractivity contribution is 0.429. The summed E-state index contributed by atoms with van der Waals surface area (Å²) < 4.78 is 24.1. The topological polar surface area (TPSA) is 50.9 Å². The Balaban J connectivity index is 1.83. The Morgan fingerprint density at radius 2 is 2.03 bits per heavy atom. The molecule has 146 valence electrons. The Hall–Kier alpha value is -2.51. The monoisotopic (exact) mass is 469 g/mol. The fourth-order valence-corrected chi connectivity index (χ4v) is 5.37.